The molecule has 1 heterocycles. The highest BCUT2D eigenvalue weighted by Crippen LogP contribution is 2.27. The quantitative estimate of drug-likeness (QED) is 0.714. The number of anilines is 1. The molecule has 24 heavy (non-hydrogen) atoms. The molecule has 0 aliphatic heterocycles. The van der Waals surface area contributed by atoms with Gasteiger partial charge in [0, 0.05) is 10.6 Å². The van der Waals surface area contributed by atoms with Crippen LogP contribution in [0.15, 0.2) is 50.5 Å². The fourth-order valence-corrected chi connectivity index (χ4v) is 3.77. The monoisotopic (exact) mass is 340 g/mol. The lowest BCUT2D eigenvalue weighted by Gasteiger charge is -2.06. The van der Waals surface area contributed by atoms with Crippen LogP contribution in [0.2, 0.25) is 0 Å². The first-order valence-electron chi connectivity index (χ1n) is 7.85. The highest BCUT2D eigenvalue weighted by atomic mass is 32.2. The van der Waals surface area contributed by atoms with Crippen LogP contribution in [-0.4, -0.2) is 16.6 Å². The predicted octanol–water partition coefficient (Wildman–Crippen LogP) is 3.34. The molecular weight excluding hydrogens is 324 g/mol. The van der Waals surface area contributed by atoms with Gasteiger partial charge in [0.2, 0.25) is 5.91 Å². The predicted molar refractivity (Wildman–Crippen MR) is 94.7 cm³/mol. The Morgan fingerprint density at radius 1 is 1.17 bits per heavy atom. The molecule has 1 aliphatic rings. The van der Waals surface area contributed by atoms with E-state index in [4.69, 9.17) is 4.42 Å². The van der Waals surface area contributed by atoms with Crippen molar-refractivity contribution >= 4 is 34.5 Å². The van der Waals surface area contributed by atoms with Crippen molar-refractivity contribution in [1.82, 2.24) is 4.98 Å². The maximum atomic E-state index is 12.1. The molecule has 5 nitrogen and oxygen atoms in total. The smallest absolute Gasteiger partial charge is 0.408 e. The number of hydrogen-bond acceptors (Lipinski definition) is 4. The molecule has 1 aliphatic carbocycles. The summed E-state index contributed by atoms with van der Waals surface area (Å²) >= 11 is 1.53. The zero-order valence-corrected chi connectivity index (χ0v) is 13.7. The average molecular weight is 340 g/mol. The van der Waals surface area contributed by atoms with E-state index >= 15 is 0 Å². The van der Waals surface area contributed by atoms with Crippen molar-refractivity contribution in [3.05, 3.63) is 58.1 Å². The van der Waals surface area contributed by atoms with Gasteiger partial charge in [-0.3, -0.25) is 9.78 Å². The Morgan fingerprint density at radius 2 is 2.04 bits per heavy atom. The van der Waals surface area contributed by atoms with Crippen molar-refractivity contribution < 1.29 is 9.21 Å². The van der Waals surface area contributed by atoms with E-state index in [0.29, 0.717) is 22.5 Å². The van der Waals surface area contributed by atoms with Gasteiger partial charge in [0.25, 0.3) is 0 Å². The van der Waals surface area contributed by atoms with E-state index in [2.05, 4.69) is 28.5 Å². The third kappa shape index (κ3) is 3.10. The van der Waals surface area contributed by atoms with Crippen LogP contribution in [0, 0.1) is 0 Å². The minimum Gasteiger partial charge on any atom is -0.408 e. The fraction of sp³-hybridized carbons (Fsp3) is 0.222. The Kier molecular flexibility index (Phi) is 3.90. The van der Waals surface area contributed by atoms with Gasteiger partial charge in [-0.15, -0.1) is 11.8 Å². The molecule has 0 radical (unpaired) electrons. The van der Waals surface area contributed by atoms with E-state index in [1.54, 1.807) is 18.2 Å². The third-order valence-corrected chi connectivity index (χ3v) is 5.14. The largest absolute Gasteiger partial charge is 0.417 e. The van der Waals surface area contributed by atoms with Gasteiger partial charge >= 0.3 is 5.76 Å². The van der Waals surface area contributed by atoms with Crippen molar-refractivity contribution in [1.29, 1.82) is 0 Å². The molecule has 4 rings (SSSR count). The zero-order chi connectivity index (χ0) is 16.5. The summed E-state index contributed by atoms with van der Waals surface area (Å²) < 4.78 is 4.94. The SMILES string of the molecule is O=C(CSc1ccc2c(c1)CCC2)Nc1ccc2oc(=O)[nH]c2c1. The van der Waals surface area contributed by atoms with Crippen molar-refractivity contribution in [3.63, 3.8) is 0 Å². The van der Waals surface area contributed by atoms with Gasteiger partial charge in [0.05, 0.1) is 11.3 Å². The molecule has 1 aromatic heterocycles. The van der Waals surface area contributed by atoms with E-state index in [1.807, 2.05) is 0 Å². The first kappa shape index (κ1) is 15.1. The topological polar surface area (TPSA) is 75.1 Å². The number of fused-ring (bicyclic) bond motifs is 2. The molecule has 2 N–H and O–H groups in total. The molecule has 6 heteroatoms. The number of nitrogens with one attached hydrogen (secondary N) is 2. The van der Waals surface area contributed by atoms with Gasteiger partial charge in [-0.05, 0) is 60.7 Å². The molecule has 0 bridgehead atoms. The summed E-state index contributed by atoms with van der Waals surface area (Å²) in [5, 5.41) is 2.84. The number of hydrogen-bond donors (Lipinski definition) is 2. The first-order valence-corrected chi connectivity index (χ1v) is 8.83. The van der Waals surface area contributed by atoms with Crippen LogP contribution in [0.3, 0.4) is 0 Å². The van der Waals surface area contributed by atoms with Gasteiger partial charge in [-0.2, -0.15) is 0 Å². The van der Waals surface area contributed by atoms with E-state index in [9.17, 15) is 9.59 Å². The summed E-state index contributed by atoms with van der Waals surface area (Å²) in [5.74, 6) is -0.232. The molecule has 0 fully saturated rings. The van der Waals surface area contributed by atoms with Crippen LogP contribution in [0.4, 0.5) is 5.69 Å². The molecule has 122 valence electrons. The number of carbonyl (C=O) groups is 1. The Labute approximate surface area is 142 Å². The van der Waals surface area contributed by atoms with Crippen LogP contribution in [0.25, 0.3) is 11.1 Å². The van der Waals surface area contributed by atoms with Crippen LogP contribution < -0.4 is 11.1 Å². The van der Waals surface area contributed by atoms with Crippen molar-refractivity contribution in [2.75, 3.05) is 11.1 Å². The number of amides is 1. The summed E-state index contributed by atoms with van der Waals surface area (Å²) in [6, 6.07) is 11.5. The molecule has 3 aromatic rings. The molecule has 0 saturated carbocycles. The second-order valence-corrected chi connectivity index (χ2v) is 6.90. The van der Waals surface area contributed by atoms with Crippen molar-refractivity contribution in [2.24, 2.45) is 0 Å². The lowest BCUT2D eigenvalue weighted by molar-refractivity contribution is -0.113. The number of rotatable bonds is 4. The summed E-state index contributed by atoms with van der Waals surface area (Å²) in [6.07, 6.45) is 3.53. The van der Waals surface area contributed by atoms with E-state index < -0.39 is 5.76 Å². The molecule has 0 saturated heterocycles. The Hall–Kier alpha value is -2.47. The summed E-state index contributed by atoms with van der Waals surface area (Å²) in [5.41, 5.74) is 4.54. The maximum Gasteiger partial charge on any atom is 0.417 e. The van der Waals surface area contributed by atoms with Crippen LogP contribution in [-0.2, 0) is 17.6 Å². The molecule has 0 spiro atoms. The molecular formula is C18H16N2O3S. The average Bonchev–Trinajstić information content (AvgIpc) is 3.17. The molecule has 0 atom stereocenters. The van der Waals surface area contributed by atoms with Gasteiger partial charge in [0.1, 0.15) is 0 Å². The minimum atomic E-state index is -0.499. The third-order valence-electron chi connectivity index (χ3n) is 4.14. The Balaban J connectivity index is 1.39. The highest BCUT2D eigenvalue weighted by molar-refractivity contribution is 8.00. The minimum absolute atomic E-state index is 0.0781. The molecule has 0 unspecified atom stereocenters. The first-order chi connectivity index (χ1) is 11.7. The van der Waals surface area contributed by atoms with Gasteiger partial charge in [0.15, 0.2) is 5.58 Å². The van der Waals surface area contributed by atoms with E-state index in [-0.39, 0.29) is 5.91 Å². The highest BCUT2D eigenvalue weighted by Gasteiger charge is 2.12. The molecule has 1 amide bonds. The number of benzene rings is 2. The number of carbonyl (C=O) groups excluding carboxylic acids is 1. The van der Waals surface area contributed by atoms with Gasteiger partial charge in [-0.1, -0.05) is 6.07 Å². The van der Waals surface area contributed by atoms with E-state index in [1.165, 1.54) is 35.7 Å². The number of aromatic amines is 1. The number of aromatic nitrogens is 1. The van der Waals surface area contributed by atoms with E-state index in [0.717, 1.165) is 11.3 Å². The Bertz CT molecular complexity index is 974. The summed E-state index contributed by atoms with van der Waals surface area (Å²) in [7, 11) is 0. The fourth-order valence-electron chi connectivity index (χ4n) is 3.01. The standard InChI is InChI=1S/C18H16N2O3S/c21-17(10-24-14-6-4-11-2-1-3-12(11)8-14)19-13-5-7-16-15(9-13)20-18(22)23-16/h4-9H,1-3,10H2,(H,19,21)(H,20,22). The second-order valence-electron chi connectivity index (χ2n) is 5.85. The summed E-state index contributed by atoms with van der Waals surface area (Å²) in [4.78, 5) is 27.0. The second kappa shape index (κ2) is 6.20. The van der Waals surface area contributed by atoms with Crippen molar-refractivity contribution in [3.8, 4) is 0 Å². The Morgan fingerprint density at radius 3 is 2.96 bits per heavy atom. The normalized spacial score (nSPS) is 13.2. The lowest BCUT2D eigenvalue weighted by atomic mass is 10.1. The van der Waals surface area contributed by atoms with Crippen molar-refractivity contribution in [2.45, 2.75) is 24.2 Å². The van der Waals surface area contributed by atoms with Crippen LogP contribution in [0.5, 0.6) is 0 Å². The number of aryl methyl sites for hydroxylation is 2. The number of oxazole rings is 1. The number of thioether (sulfide) groups is 1. The van der Waals surface area contributed by atoms with Gasteiger partial charge < -0.3 is 9.73 Å². The summed E-state index contributed by atoms with van der Waals surface area (Å²) in [6.45, 7) is 0. The number of H-pyrrole nitrogens is 1. The molecule has 2 aromatic carbocycles. The maximum absolute atomic E-state index is 12.1. The van der Waals surface area contributed by atoms with Crippen LogP contribution in [0.1, 0.15) is 17.5 Å². The van der Waals surface area contributed by atoms with Crippen LogP contribution >= 0.6 is 11.8 Å². The lowest BCUT2D eigenvalue weighted by Crippen LogP contribution is -2.13. The zero-order valence-electron chi connectivity index (χ0n) is 12.9. The van der Waals surface area contributed by atoms with Gasteiger partial charge in [-0.25, -0.2) is 4.79 Å².